The summed E-state index contributed by atoms with van der Waals surface area (Å²) in [4.78, 5) is 29.3. The number of nitrogen functional groups attached to an aromatic ring is 1. The molecule has 0 spiro atoms. The molecular formula is C23H27N3O2. The molecule has 5 heteroatoms. The zero-order chi connectivity index (χ0) is 20.4. The highest BCUT2D eigenvalue weighted by Gasteiger charge is 2.26. The van der Waals surface area contributed by atoms with Crippen LogP contribution in [0, 0.1) is 0 Å². The predicted octanol–water partition coefficient (Wildman–Crippen LogP) is 4.29. The van der Waals surface area contributed by atoms with Crippen molar-refractivity contribution in [2.75, 3.05) is 5.73 Å². The van der Waals surface area contributed by atoms with Gasteiger partial charge in [-0.25, -0.2) is 4.98 Å². The molecule has 0 amide bonds. The first kappa shape index (κ1) is 19.8. The molecule has 2 N–H and O–H groups in total. The minimum absolute atomic E-state index is 0.0110. The third-order valence-corrected chi connectivity index (χ3v) is 5.17. The van der Waals surface area contributed by atoms with E-state index in [1.165, 1.54) is 0 Å². The van der Waals surface area contributed by atoms with Crippen LogP contribution >= 0.6 is 0 Å². The van der Waals surface area contributed by atoms with Gasteiger partial charge in [-0.1, -0.05) is 40.2 Å². The molecule has 28 heavy (non-hydrogen) atoms. The molecule has 2 aromatic heterocycles. The molecule has 0 saturated heterocycles. The lowest BCUT2D eigenvalue weighted by Gasteiger charge is -2.14. The quantitative estimate of drug-likeness (QED) is 0.425. The van der Waals surface area contributed by atoms with Crippen LogP contribution in [0.25, 0.3) is 22.3 Å². The first-order valence-corrected chi connectivity index (χ1v) is 9.95. The Morgan fingerprint density at radius 2 is 2.04 bits per heavy atom. The van der Waals surface area contributed by atoms with Crippen LogP contribution in [0.4, 0.5) is 5.69 Å². The molecule has 1 aliphatic heterocycles. The number of pyridine rings is 2. The van der Waals surface area contributed by atoms with Crippen molar-refractivity contribution in [1.29, 1.82) is 0 Å². The van der Waals surface area contributed by atoms with E-state index in [4.69, 9.17) is 10.7 Å². The molecule has 1 aliphatic rings. The summed E-state index contributed by atoms with van der Waals surface area (Å²) in [5, 5.41) is 0.905. The van der Waals surface area contributed by atoms with Crippen LogP contribution in [0.1, 0.15) is 56.7 Å². The summed E-state index contributed by atoms with van der Waals surface area (Å²) in [6, 6.07) is 9.66. The molecule has 0 bridgehead atoms. The van der Waals surface area contributed by atoms with Gasteiger partial charge < -0.3 is 15.1 Å². The Hall–Kier alpha value is -2.95. The average Bonchev–Trinajstić information content (AvgIpc) is 3.08. The molecule has 4 rings (SSSR count). The maximum Gasteiger partial charge on any atom is 0.254 e. The van der Waals surface area contributed by atoms with Crippen LogP contribution in [0.5, 0.6) is 0 Å². The molecule has 0 radical (unpaired) electrons. The van der Waals surface area contributed by atoms with Gasteiger partial charge in [-0.05, 0) is 36.2 Å². The number of carbonyl (C=O) groups excluding carboxylic acids is 1. The number of rotatable bonds is 4. The Kier molecular flexibility index (Phi) is 5.63. The summed E-state index contributed by atoms with van der Waals surface area (Å²) >= 11 is 0. The molecule has 146 valence electrons. The number of carbonyl (C=O) groups is 1. The van der Waals surface area contributed by atoms with Crippen molar-refractivity contribution in [3.8, 4) is 11.4 Å². The predicted molar refractivity (Wildman–Crippen MR) is 115 cm³/mol. The van der Waals surface area contributed by atoms with E-state index in [1.807, 2.05) is 58.0 Å². The molecule has 1 unspecified atom stereocenters. The van der Waals surface area contributed by atoms with E-state index in [0.29, 0.717) is 18.7 Å². The molecule has 3 heterocycles. The molecular weight excluding hydrogens is 350 g/mol. The number of nitrogens with zero attached hydrogens (tertiary/aromatic N) is 2. The SMILES string of the molecule is CC.CCCc1c(C(C)C=O)cc2n(c1=O)Cc1cc3c(N)cccc3nc1-2. The summed E-state index contributed by atoms with van der Waals surface area (Å²) in [5.41, 5.74) is 11.7. The number of hydrogen-bond donors (Lipinski definition) is 1. The van der Waals surface area contributed by atoms with Gasteiger partial charge in [0.2, 0.25) is 0 Å². The minimum atomic E-state index is -0.310. The average molecular weight is 377 g/mol. The summed E-state index contributed by atoms with van der Waals surface area (Å²) < 4.78 is 1.78. The van der Waals surface area contributed by atoms with Crippen LogP contribution in [0.2, 0.25) is 0 Å². The highest BCUT2D eigenvalue weighted by atomic mass is 16.1. The third kappa shape index (κ3) is 3.11. The van der Waals surface area contributed by atoms with Gasteiger partial charge in [-0.15, -0.1) is 0 Å². The lowest BCUT2D eigenvalue weighted by Crippen LogP contribution is -2.25. The van der Waals surface area contributed by atoms with E-state index < -0.39 is 0 Å². The van der Waals surface area contributed by atoms with E-state index >= 15 is 0 Å². The molecule has 5 nitrogen and oxygen atoms in total. The fraction of sp³-hybridized carbons (Fsp3) is 0.348. The molecule has 0 saturated carbocycles. The Morgan fingerprint density at radius 3 is 2.71 bits per heavy atom. The number of anilines is 1. The van der Waals surface area contributed by atoms with Crippen molar-refractivity contribution in [2.45, 2.75) is 53.0 Å². The fourth-order valence-electron chi connectivity index (χ4n) is 3.81. The zero-order valence-electron chi connectivity index (χ0n) is 17.0. The normalized spacial score (nSPS) is 12.7. The lowest BCUT2D eigenvalue weighted by molar-refractivity contribution is -0.108. The highest BCUT2D eigenvalue weighted by Crippen LogP contribution is 2.35. The van der Waals surface area contributed by atoms with Crippen LogP contribution in [0.3, 0.4) is 0 Å². The van der Waals surface area contributed by atoms with Crippen molar-refractivity contribution >= 4 is 22.9 Å². The van der Waals surface area contributed by atoms with E-state index in [1.54, 1.807) is 4.57 Å². The topological polar surface area (TPSA) is 78.0 Å². The summed E-state index contributed by atoms with van der Waals surface area (Å²) in [6.45, 7) is 8.37. The number of fused-ring (bicyclic) bond motifs is 4. The molecule has 0 aliphatic carbocycles. The van der Waals surface area contributed by atoms with E-state index in [0.717, 1.165) is 51.7 Å². The van der Waals surface area contributed by atoms with Gasteiger partial charge in [-0.2, -0.15) is 0 Å². The second-order valence-electron chi connectivity index (χ2n) is 6.94. The van der Waals surface area contributed by atoms with Crippen molar-refractivity contribution in [3.63, 3.8) is 0 Å². The third-order valence-electron chi connectivity index (χ3n) is 5.17. The van der Waals surface area contributed by atoms with Gasteiger partial charge in [0.05, 0.1) is 23.4 Å². The van der Waals surface area contributed by atoms with Crippen molar-refractivity contribution in [2.24, 2.45) is 0 Å². The molecule has 1 atom stereocenters. The fourth-order valence-corrected chi connectivity index (χ4v) is 3.81. The largest absolute Gasteiger partial charge is 0.398 e. The number of nitrogens with two attached hydrogens (primary N) is 1. The molecule has 3 aromatic rings. The Balaban J connectivity index is 0.00000109. The van der Waals surface area contributed by atoms with Crippen LogP contribution in [-0.2, 0) is 17.8 Å². The summed E-state index contributed by atoms with van der Waals surface area (Å²) in [6.07, 6.45) is 2.43. The maximum atomic E-state index is 13.1. The van der Waals surface area contributed by atoms with E-state index in [9.17, 15) is 9.59 Å². The Labute approximate surface area is 165 Å². The summed E-state index contributed by atoms with van der Waals surface area (Å²) in [7, 11) is 0. The Bertz CT molecular complexity index is 1100. The van der Waals surface area contributed by atoms with Crippen LogP contribution in [-0.4, -0.2) is 15.8 Å². The van der Waals surface area contributed by atoms with Crippen molar-refractivity contribution in [1.82, 2.24) is 9.55 Å². The van der Waals surface area contributed by atoms with Gasteiger partial charge in [0, 0.05) is 28.1 Å². The standard InChI is InChI=1S/C21H21N3O2.C2H6/c1-3-5-14-15(12(2)11-25)9-19-20-13(10-24(19)21(14)26)8-16-17(22)6-4-7-18(16)23-20;1-2/h4,6-9,11-12H,3,5,10,22H2,1-2H3;1-2H3. The number of aldehydes is 1. The summed E-state index contributed by atoms with van der Waals surface area (Å²) in [5.74, 6) is -0.310. The van der Waals surface area contributed by atoms with Gasteiger partial charge in [-0.3, -0.25) is 4.79 Å². The number of benzene rings is 1. The van der Waals surface area contributed by atoms with Gasteiger partial charge in [0.1, 0.15) is 6.29 Å². The highest BCUT2D eigenvalue weighted by molar-refractivity contribution is 5.93. The molecule has 1 aromatic carbocycles. The number of aromatic nitrogens is 2. The lowest BCUT2D eigenvalue weighted by atomic mass is 9.94. The second kappa shape index (κ2) is 7.97. The smallest absolute Gasteiger partial charge is 0.254 e. The monoisotopic (exact) mass is 377 g/mol. The van der Waals surface area contributed by atoms with Gasteiger partial charge >= 0.3 is 0 Å². The first-order valence-electron chi connectivity index (χ1n) is 9.95. The molecule has 0 fully saturated rings. The Morgan fingerprint density at radius 1 is 1.29 bits per heavy atom. The van der Waals surface area contributed by atoms with Crippen LogP contribution in [0.15, 0.2) is 35.1 Å². The van der Waals surface area contributed by atoms with Gasteiger partial charge in [0.25, 0.3) is 5.56 Å². The van der Waals surface area contributed by atoms with Crippen LogP contribution < -0.4 is 11.3 Å². The van der Waals surface area contributed by atoms with Gasteiger partial charge in [0.15, 0.2) is 0 Å². The van der Waals surface area contributed by atoms with Crippen molar-refractivity contribution < 1.29 is 4.79 Å². The van der Waals surface area contributed by atoms with E-state index in [-0.39, 0.29) is 11.5 Å². The minimum Gasteiger partial charge on any atom is -0.398 e. The maximum absolute atomic E-state index is 13.1. The number of hydrogen-bond acceptors (Lipinski definition) is 4. The first-order chi connectivity index (χ1) is 13.5. The second-order valence-corrected chi connectivity index (χ2v) is 6.94. The van der Waals surface area contributed by atoms with E-state index in [2.05, 4.69) is 0 Å². The van der Waals surface area contributed by atoms with Crippen molar-refractivity contribution in [3.05, 3.63) is 57.4 Å². The zero-order valence-corrected chi connectivity index (χ0v) is 17.0.